The van der Waals surface area contributed by atoms with Crippen LogP contribution in [0, 0.1) is 6.92 Å². The Morgan fingerprint density at radius 3 is 2.71 bits per heavy atom. The molecule has 0 bridgehead atoms. The van der Waals surface area contributed by atoms with E-state index < -0.39 is 0 Å². The molecule has 0 spiro atoms. The van der Waals surface area contributed by atoms with Crippen molar-refractivity contribution in [3.8, 4) is 0 Å². The third kappa shape index (κ3) is 3.18. The van der Waals surface area contributed by atoms with E-state index in [9.17, 15) is 4.79 Å². The monoisotopic (exact) mass is 316 g/mol. The number of rotatable bonds is 2. The molecule has 0 heterocycles. The maximum Gasteiger partial charge on any atom is 0.240 e. The Morgan fingerprint density at radius 1 is 1.43 bits per heavy atom. The summed E-state index contributed by atoms with van der Waals surface area (Å²) in [4.78, 5) is 17.7. The molecule has 14 heavy (non-hydrogen) atoms. The van der Waals surface area contributed by atoms with E-state index in [1.807, 2.05) is 13.0 Å². The quantitative estimate of drug-likeness (QED) is 0.605. The fourth-order valence-electron chi connectivity index (χ4n) is 0.932. The summed E-state index contributed by atoms with van der Waals surface area (Å²) in [5.41, 5.74) is 2.31. The summed E-state index contributed by atoms with van der Waals surface area (Å²) < 4.78 is 0.598. The largest absolute Gasteiger partial charge is 0.240 e. The van der Waals surface area contributed by atoms with E-state index in [2.05, 4.69) is 41.8 Å². The first-order chi connectivity index (χ1) is 6.63. The molecule has 0 aromatic heterocycles. The van der Waals surface area contributed by atoms with Crippen molar-refractivity contribution in [1.82, 2.24) is 0 Å². The lowest BCUT2D eigenvalue weighted by Gasteiger charge is -1.99. The van der Waals surface area contributed by atoms with Crippen molar-refractivity contribution >= 4 is 52.8 Å². The molecule has 0 aliphatic carbocycles. The molecule has 3 nitrogen and oxygen atoms in total. The van der Waals surface area contributed by atoms with Crippen LogP contribution in [-0.4, -0.2) is 9.61 Å². The van der Waals surface area contributed by atoms with E-state index in [1.165, 1.54) is 6.08 Å². The summed E-state index contributed by atoms with van der Waals surface area (Å²) in [7, 11) is 0. The summed E-state index contributed by atoms with van der Waals surface area (Å²) >= 11 is 6.33. The Bertz CT molecular complexity index is 419. The van der Waals surface area contributed by atoms with E-state index in [0.717, 1.165) is 11.3 Å². The summed E-state index contributed by atoms with van der Waals surface area (Å²) in [5.74, 6) is 0. The van der Waals surface area contributed by atoms with Gasteiger partial charge in [-0.05, 0) is 56.5 Å². The van der Waals surface area contributed by atoms with Gasteiger partial charge in [0.25, 0.3) is 0 Å². The SMILES string of the molecule is Cc1ccc(N=C=O)cc1N=C(Br)Br. The predicted molar refractivity (Wildman–Crippen MR) is 63.9 cm³/mol. The molecule has 1 aromatic carbocycles. The Hall–Kier alpha value is -0.770. The van der Waals surface area contributed by atoms with Crippen LogP contribution < -0.4 is 0 Å². The van der Waals surface area contributed by atoms with Gasteiger partial charge >= 0.3 is 0 Å². The Morgan fingerprint density at radius 2 is 2.14 bits per heavy atom. The predicted octanol–water partition coefficient (Wildman–Crippen LogP) is 3.74. The number of aryl methyl sites for hydroxylation is 1. The van der Waals surface area contributed by atoms with Crippen LogP contribution in [0.2, 0.25) is 0 Å². The topological polar surface area (TPSA) is 41.8 Å². The van der Waals surface area contributed by atoms with Gasteiger partial charge in [-0.1, -0.05) is 6.07 Å². The molecular formula is C9H6Br2N2O. The number of carbonyl (C=O) groups excluding carboxylic acids is 1. The maximum absolute atomic E-state index is 10.0. The van der Waals surface area contributed by atoms with Gasteiger partial charge in [-0.3, -0.25) is 0 Å². The summed E-state index contributed by atoms with van der Waals surface area (Å²) in [6.07, 6.45) is 1.49. The highest BCUT2D eigenvalue weighted by Crippen LogP contribution is 2.26. The second-order valence-corrected chi connectivity index (χ2v) is 5.09. The van der Waals surface area contributed by atoms with Crippen molar-refractivity contribution in [2.75, 3.05) is 0 Å². The van der Waals surface area contributed by atoms with Crippen LogP contribution in [0.25, 0.3) is 0 Å². The smallest absolute Gasteiger partial charge is 0.234 e. The number of hydrogen-bond acceptors (Lipinski definition) is 3. The Labute approximate surface area is 98.2 Å². The van der Waals surface area contributed by atoms with Crippen molar-refractivity contribution in [3.63, 3.8) is 0 Å². The standard InChI is InChI=1S/C9H6Br2N2O/c1-6-2-3-7(12-5-14)4-8(6)13-9(10)11/h2-4H,1H3. The molecule has 0 N–H and O–H groups in total. The molecule has 0 unspecified atom stereocenters. The minimum absolute atomic E-state index is 0.547. The molecule has 1 rings (SSSR count). The van der Waals surface area contributed by atoms with E-state index in [0.29, 0.717) is 9.22 Å². The number of isocyanates is 1. The molecular weight excluding hydrogens is 312 g/mol. The van der Waals surface area contributed by atoms with Crippen LogP contribution in [0.4, 0.5) is 11.4 Å². The molecule has 5 heteroatoms. The highest BCUT2D eigenvalue weighted by molar-refractivity contribution is 9.39. The Balaban J connectivity index is 3.21. The summed E-state index contributed by atoms with van der Waals surface area (Å²) in [6.45, 7) is 1.93. The van der Waals surface area contributed by atoms with Crippen molar-refractivity contribution in [2.45, 2.75) is 6.92 Å². The lowest BCUT2D eigenvalue weighted by Crippen LogP contribution is -1.76. The second-order valence-electron chi connectivity index (χ2n) is 2.53. The minimum atomic E-state index is 0.547. The van der Waals surface area contributed by atoms with Gasteiger partial charge in [-0.25, -0.2) is 9.79 Å². The first-order valence-electron chi connectivity index (χ1n) is 3.71. The molecule has 0 saturated heterocycles. The van der Waals surface area contributed by atoms with E-state index in [1.54, 1.807) is 12.1 Å². The first kappa shape index (κ1) is 11.3. The van der Waals surface area contributed by atoms with E-state index in [4.69, 9.17) is 0 Å². The van der Waals surface area contributed by atoms with Crippen molar-refractivity contribution in [1.29, 1.82) is 0 Å². The van der Waals surface area contributed by atoms with Gasteiger partial charge in [0.05, 0.1) is 11.4 Å². The fourth-order valence-corrected chi connectivity index (χ4v) is 1.31. The maximum atomic E-state index is 10.0. The van der Waals surface area contributed by atoms with Crippen LogP contribution in [0.1, 0.15) is 5.56 Å². The van der Waals surface area contributed by atoms with Crippen molar-refractivity contribution in [2.24, 2.45) is 9.98 Å². The van der Waals surface area contributed by atoms with E-state index >= 15 is 0 Å². The molecule has 0 atom stereocenters. The third-order valence-electron chi connectivity index (χ3n) is 1.57. The minimum Gasteiger partial charge on any atom is -0.234 e. The highest BCUT2D eigenvalue weighted by atomic mass is 79.9. The van der Waals surface area contributed by atoms with E-state index in [-0.39, 0.29) is 0 Å². The molecule has 0 amide bonds. The highest BCUT2D eigenvalue weighted by Gasteiger charge is 1.98. The second kappa shape index (κ2) is 5.20. The van der Waals surface area contributed by atoms with Gasteiger partial charge < -0.3 is 0 Å². The zero-order valence-corrected chi connectivity index (χ0v) is 10.5. The normalized spacial score (nSPS) is 9.07. The number of halogens is 2. The molecule has 72 valence electrons. The summed E-state index contributed by atoms with van der Waals surface area (Å²) in [5, 5.41) is 0. The van der Waals surface area contributed by atoms with Gasteiger partial charge in [-0.2, -0.15) is 4.99 Å². The molecule has 0 fully saturated rings. The average molecular weight is 318 g/mol. The Kier molecular flexibility index (Phi) is 4.20. The molecule has 0 radical (unpaired) electrons. The van der Waals surface area contributed by atoms with Gasteiger partial charge in [-0.15, -0.1) is 0 Å². The molecule has 0 aliphatic rings. The number of aliphatic imine (C=N–C) groups is 2. The lowest BCUT2D eigenvalue weighted by molar-refractivity contribution is 0.565. The number of hydrogen-bond donors (Lipinski definition) is 0. The van der Waals surface area contributed by atoms with Crippen LogP contribution in [0.3, 0.4) is 0 Å². The van der Waals surface area contributed by atoms with Gasteiger partial charge in [0.1, 0.15) is 3.53 Å². The zero-order chi connectivity index (χ0) is 10.6. The zero-order valence-electron chi connectivity index (χ0n) is 7.29. The lowest BCUT2D eigenvalue weighted by atomic mass is 10.2. The van der Waals surface area contributed by atoms with Crippen LogP contribution in [0.15, 0.2) is 28.2 Å². The molecule has 0 saturated carbocycles. The van der Waals surface area contributed by atoms with Crippen molar-refractivity contribution in [3.05, 3.63) is 23.8 Å². The fraction of sp³-hybridized carbons (Fsp3) is 0.111. The number of benzene rings is 1. The van der Waals surface area contributed by atoms with Crippen LogP contribution in [0.5, 0.6) is 0 Å². The molecule has 1 aromatic rings. The number of nitrogens with zero attached hydrogens (tertiary/aromatic N) is 2. The first-order valence-corrected chi connectivity index (χ1v) is 5.30. The van der Waals surface area contributed by atoms with Crippen LogP contribution >= 0.6 is 31.9 Å². The van der Waals surface area contributed by atoms with Crippen LogP contribution in [-0.2, 0) is 4.79 Å². The van der Waals surface area contributed by atoms with Gasteiger partial charge in [0, 0.05) is 0 Å². The third-order valence-corrected chi connectivity index (χ3v) is 1.93. The van der Waals surface area contributed by atoms with Gasteiger partial charge in [0.15, 0.2) is 0 Å². The average Bonchev–Trinajstić information content (AvgIpc) is 2.10. The van der Waals surface area contributed by atoms with Crippen molar-refractivity contribution < 1.29 is 4.79 Å². The van der Waals surface area contributed by atoms with Gasteiger partial charge in [0.2, 0.25) is 6.08 Å². The molecule has 0 aliphatic heterocycles. The summed E-state index contributed by atoms with van der Waals surface area (Å²) in [6, 6.07) is 5.29.